The molecule has 2 unspecified atom stereocenters. The number of ether oxygens (including phenoxy) is 2. The van der Waals surface area contributed by atoms with Crippen LogP contribution in [-0.4, -0.2) is 37.4 Å². The van der Waals surface area contributed by atoms with Crippen molar-refractivity contribution >= 4 is 5.91 Å². The van der Waals surface area contributed by atoms with Crippen molar-refractivity contribution in [2.75, 3.05) is 20.3 Å². The summed E-state index contributed by atoms with van der Waals surface area (Å²) in [6, 6.07) is 7.25. The van der Waals surface area contributed by atoms with E-state index in [4.69, 9.17) is 9.47 Å². The predicted octanol–water partition coefficient (Wildman–Crippen LogP) is 2.05. The third-order valence-corrected chi connectivity index (χ3v) is 3.16. The first-order chi connectivity index (χ1) is 10.1. The van der Waals surface area contributed by atoms with Crippen molar-refractivity contribution in [1.82, 2.24) is 5.32 Å². The molecule has 0 bridgehead atoms. The van der Waals surface area contributed by atoms with Crippen LogP contribution in [0.1, 0.15) is 38.4 Å². The topological polar surface area (TPSA) is 67.8 Å². The highest BCUT2D eigenvalue weighted by molar-refractivity contribution is 5.80. The molecule has 0 saturated carbocycles. The largest absolute Gasteiger partial charge is 0.481 e. The van der Waals surface area contributed by atoms with E-state index in [1.54, 1.807) is 20.1 Å². The van der Waals surface area contributed by atoms with Crippen LogP contribution in [0.15, 0.2) is 24.3 Å². The number of carbonyl (C=O) groups excluding carboxylic acids is 1. The maximum atomic E-state index is 11.9. The number of hydrogen-bond donors (Lipinski definition) is 2. The zero-order valence-electron chi connectivity index (χ0n) is 13.0. The van der Waals surface area contributed by atoms with Gasteiger partial charge in [0.05, 0.1) is 6.10 Å². The summed E-state index contributed by atoms with van der Waals surface area (Å²) in [5.74, 6) is 0.373. The number of para-hydroxylation sites is 1. The van der Waals surface area contributed by atoms with Gasteiger partial charge in [-0.25, -0.2) is 0 Å². The van der Waals surface area contributed by atoms with Crippen LogP contribution in [0.3, 0.4) is 0 Å². The molecule has 0 aliphatic carbocycles. The van der Waals surface area contributed by atoms with E-state index in [2.05, 4.69) is 5.32 Å². The lowest BCUT2D eigenvalue weighted by Gasteiger charge is -2.19. The number of rotatable bonds is 9. The van der Waals surface area contributed by atoms with Gasteiger partial charge in [-0.3, -0.25) is 4.79 Å². The Kier molecular flexibility index (Phi) is 7.79. The van der Waals surface area contributed by atoms with Gasteiger partial charge in [0.25, 0.3) is 5.91 Å². The molecule has 1 aromatic carbocycles. The molecular weight excluding hydrogens is 270 g/mol. The van der Waals surface area contributed by atoms with Gasteiger partial charge in [0.1, 0.15) is 5.75 Å². The predicted molar refractivity (Wildman–Crippen MR) is 81.3 cm³/mol. The zero-order valence-corrected chi connectivity index (χ0v) is 13.0. The highest BCUT2D eigenvalue weighted by Crippen LogP contribution is 2.27. The van der Waals surface area contributed by atoms with Crippen LogP contribution in [0.4, 0.5) is 0 Å². The molecule has 5 nitrogen and oxygen atoms in total. The summed E-state index contributed by atoms with van der Waals surface area (Å²) in [7, 11) is 1.63. The number of methoxy groups -OCH3 is 1. The van der Waals surface area contributed by atoms with E-state index in [0.29, 0.717) is 30.9 Å². The highest BCUT2D eigenvalue weighted by atomic mass is 16.5. The molecule has 21 heavy (non-hydrogen) atoms. The van der Waals surface area contributed by atoms with E-state index in [9.17, 15) is 9.90 Å². The van der Waals surface area contributed by atoms with Gasteiger partial charge in [0.15, 0.2) is 6.10 Å². The summed E-state index contributed by atoms with van der Waals surface area (Å²) < 4.78 is 10.6. The zero-order chi connectivity index (χ0) is 15.7. The Bertz CT molecular complexity index is 436. The van der Waals surface area contributed by atoms with Gasteiger partial charge in [-0.1, -0.05) is 25.1 Å². The Labute approximate surface area is 126 Å². The summed E-state index contributed by atoms with van der Waals surface area (Å²) >= 11 is 0. The molecule has 2 atom stereocenters. The summed E-state index contributed by atoms with van der Waals surface area (Å²) in [6.45, 7) is 4.76. The molecule has 0 aromatic heterocycles. The minimum Gasteiger partial charge on any atom is -0.481 e. The van der Waals surface area contributed by atoms with Gasteiger partial charge < -0.3 is 19.9 Å². The fraction of sp³-hybridized carbons (Fsp3) is 0.562. The van der Waals surface area contributed by atoms with Crippen LogP contribution in [-0.2, 0) is 9.53 Å². The van der Waals surface area contributed by atoms with Crippen LogP contribution in [0.25, 0.3) is 0 Å². The van der Waals surface area contributed by atoms with Crippen molar-refractivity contribution in [2.24, 2.45) is 0 Å². The van der Waals surface area contributed by atoms with Crippen molar-refractivity contribution in [3.05, 3.63) is 29.8 Å². The van der Waals surface area contributed by atoms with Crippen LogP contribution >= 0.6 is 0 Å². The van der Waals surface area contributed by atoms with Crippen molar-refractivity contribution < 1.29 is 19.4 Å². The number of amides is 1. The number of benzene rings is 1. The number of carbonyl (C=O) groups is 1. The van der Waals surface area contributed by atoms with Crippen LogP contribution in [0.5, 0.6) is 5.75 Å². The fourth-order valence-electron chi connectivity index (χ4n) is 1.90. The lowest BCUT2D eigenvalue weighted by atomic mass is 10.1. The first-order valence-electron chi connectivity index (χ1n) is 7.30. The Hall–Kier alpha value is -1.59. The lowest BCUT2D eigenvalue weighted by molar-refractivity contribution is -0.127. The molecule has 0 saturated heterocycles. The van der Waals surface area contributed by atoms with Gasteiger partial charge in [0.2, 0.25) is 0 Å². The Morgan fingerprint density at radius 3 is 2.76 bits per heavy atom. The maximum absolute atomic E-state index is 11.9. The molecule has 1 aromatic rings. The normalized spacial score (nSPS) is 13.5. The average molecular weight is 295 g/mol. The summed E-state index contributed by atoms with van der Waals surface area (Å²) in [6.07, 6.45) is 0.161. The molecule has 1 rings (SSSR count). The third kappa shape index (κ3) is 5.73. The van der Waals surface area contributed by atoms with Gasteiger partial charge in [-0.2, -0.15) is 0 Å². The number of aliphatic hydroxyl groups excluding tert-OH is 1. The molecule has 0 heterocycles. The Morgan fingerprint density at radius 1 is 1.38 bits per heavy atom. The van der Waals surface area contributed by atoms with Crippen molar-refractivity contribution in [3.63, 3.8) is 0 Å². The minimum atomic E-state index is -0.613. The van der Waals surface area contributed by atoms with Gasteiger partial charge in [-0.05, 0) is 25.8 Å². The third-order valence-electron chi connectivity index (χ3n) is 3.16. The van der Waals surface area contributed by atoms with Gasteiger partial charge in [0, 0.05) is 25.8 Å². The molecule has 2 N–H and O–H groups in total. The number of hydrogen-bond acceptors (Lipinski definition) is 4. The van der Waals surface area contributed by atoms with E-state index in [1.165, 1.54) is 0 Å². The fourth-order valence-corrected chi connectivity index (χ4v) is 1.90. The molecular formula is C16H25NO4. The number of aliphatic hydroxyl groups is 1. The Balaban J connectivity index is 2.58. The Morgan fingerprint density at radius 2 is 2.10 bits per heavy atom. The smallest absolute Gasteiger partial charge is 0.260 e. The molecule has 0 aliphatic rings. The van der Waals surface area contributed by atoms with Gasteiger partial charge >= 0.3 is 0 Å². The molecule has 0 radical (unpaired) electrons. The second kappa shape index (κ2) is 9.37. The standard InChI is InChI=1S/C16H25NO4/c1-4-14(18)13-8-5-6-9-15(13)21-12(2)16(19)17-10-7-11-20-3/h5-6,8-9,12,14,18H,4,7,10-11H2,1-3H3,(H,17,19). The van der Waals surface area contributed by atoms with E-state index in [0.717, 1.165) is 6.42 Å². The summed E-state index contributed by atoms with van der Waals surface area (Å²) in [5, 5.41) is 12.8. The van der Waals surface area contributed by atoms with Crippen LogP contribution in [0.2, 0.25) is 0 Å². The van der Waals surface area contributed by atoms with Crippen molar-refractivity contribution in [2.45, 2.75) is 38.9 Å². The van der Waals surface area contributed by atoms with Gasteiger partial charge in [-0.15, -0.1) is 0 Å². The molecule has 118 valence electrons. The second-order valence-electron chi connectivity index (χ2n) is 4.86. The van der Waals surface area contributed by atoms with Crippen molar-refractivity contribution in [3.8, 4) is 5.75 Å². The lowest BCUT2D eigenvalue weighted by Crippen LogP contribution is -2.37. The quantitative estimate of drug-likeness (QED) is 0.684. The molecule has 0 spiro atoms. The molecule has 0 aliphatic heterocycles. The molecule has 0 fully saturated rings. The molecule has 5 heteroatoms. The van der Waals surface area contributed by atoms with E-state index in [-0.39, 0.29) is 5.91 Å². The van der Waals surface area contributed by atoms with E-state index < -0.39 is 12.2 Å². The summed E-state index contributed by atoms with van der Waals surface area (Å²) in [5.41, 5.74) is 0.707. The first kappa shape index (κ1) is 17.5. The van der Waals surface area contributed by atoms with E-state index in [1.807, 2.05) is 25.1 Å². The molecule has 1 amide bonds. The maximum Gasteiger partial charge on any atom is 0.260 e. The number of nitrogens with one attached hydrogen (secondary N) is 1. The SMILES string of the molecule is CCC(O)c1ccccc1OC(C)C(=O)NCCCOC. The average Bonchev–Trinajstić information content (AvgIpc) is 2.51. The van der Waals surface area contributed by atoms with Crippen molar-refractivity contribution in [1.29, 1.82) is 0 Å². The highest BCUT2D eigenvalue weighted by Gasteiger charge is 2.17. The second-order valence-corrected chi connectivity index (χ2v) is 4.86. The van der Waals surface area contributed by atoms with Crippen LogP contribution < -0.4 is 10.1 Å². The minimum absolute atomic E-state index is 0.174. The monoisotopic (exact) mass is 295 g/mol. The van der Waals surface area contributed by atoms with Crippen LogP contribution in [0, 0.1) is 0 Å². The first-order valence-corrected chi connectivity index (χ1v) is 7.30. The van der Waals surface area contributed by atoms with E-state index >= 15 is 0 Å². The summed E-state index contributed by atoms with van der Waals surface area (Å²) in [4.78, 5) is 11.9.